The van der Waals surface area contributed by atoms with E-state index < -0.39 is 0 Å². The molecule has 0 unspecified atom stereocenters. The number of hydrogen-bond donors (Lipinski definition) is 0. The Morgan fingerprint density at radius 2 is 1.78 bits per heavy atom. The van der Waals surface area contributed by atoms with Gasteiger partial charge >= 0.3 is 0 Å². The maximum atomic E-state index is 5.86. The van der Waals surface area contributed by atoms with Crippen molar-refractivity contribution < 1.29 is 4.74 Å². The summed E-state index contributed by atoms with van der Waals surface area (Å²) in [6.07, 6.45) is 1.75. The van der Waals surface area contributed by atoms with Crippen LogP contribution in [-0.2, 0) is 13.7 Å². The molecular weight excluding hydrogens is 354 g/mol. The van der Waals surface area contributed by atoms with E-state index in [2.05, 4.69) is 39.0 Å². The highest BCUT2D eigenvalue weighted by molar-refractivity contribution is 7.16. The van der Waals surface area contributed by atoms with E-state index in [9.17, 15) is 0 Å². The zero-order chi connectivity index (χ0) is 18.5. The zero-order valence-electron chi connectivity index (χ0n) is 14.9. The van der Waals surface area contributed by atoms with E-state index >= 15 is 0 Å². The molecule has 0 saturated heterocycles. The molecule has 0 aliphatic carbocycles. The number of aromatic nitrogens is 1. The third kappa shape index (κ3) is 4.15. The highest BCUT2D eigenvalue weighted by atomic mass is 32.1. The maximum Gasteiger partial charge on any atom is 0.211 e. The molecule has 0 fully saturated rings. The van der Waals surface area contributed by atoms with Crippen LogP contribution in [0.2, 0.25) is 0 Å². The molecule has 0 atom stereocenters. The fourth-order valence-corrected chi connectivity index (χ4v) is 3.72. The first kappa shape index (κ1) is 17.2. The molecule has 0 spiro atoms. The van der Waals surface area contributed by atoms with Crippen molar-refractivity contribution in [1.29, 1.82) is 0 Å². The van der Waals surface area contributed by atoms with Gasteiger partial charge in [-0.05, 0) is 35.4 Å². The summed E-state index contributed by atoms with van der Waals surface area (Å²) in [5, 5.41) is 8.63. The Morgan fingerprint density at radius 3 is 2.63 bits per heavy atom. The molecule has 1 heterocycles. The number of para-hydroxylation sites is 1. The van der Waals surface area contributed by atoms with Gasteiger partial charge in [0.25, 0.3) is 0 Å². The maximum absolute atomic E-state index is 5.86. The lowest BCUT2D eigenvalue weighted by Crippen LogP contribution is -2.08. The Morgan fingerprint density at radius 1 is 0.963 bits per heavy atom. The van der Waals surface area contributed by atoms with E-state index in [0.717, 1.165) is 27.2 Å². The van der Waals surface area contributed by atoms with Crippen molar-refractivity contribution in [3.05, 3.63) is 94.8 Å². The molecule has 5 heteroatoms. The Bertz CT molecular complexity index is 1140. The molecule has 4 aromatic rings. The number of rotatable bonds is 5. The summed E-state index contributed by atoms with van der Waals surface area (Å²) >= 11 is 1.63. The molecule has 134 valence electrons. The first-order valence-electron chi connectivity index (χ1n) is 8.68. The lowest BCUT2D eigenvalue weighted by atomic mass is 10.2. The van der Waals surface area contributed by atoms with Crippen molar-refractivity contribution in [2.45, 2.75) is 6.61 Å². The second kappa shape index (κ2) is 8.01. The standard InChI is InChI=1S/C22H19N3OS/c1-25-20-12-5-6-13-21(20)27-22(25)24-23-15-18-10-7-11-19(14-18)26-16-17-8-3-2-4-9-17/h2-15H,16H2,1H3/b23-15+,24-22-. The normalized spacial score (nSPS) is 12.1. The molecule has 4 nitrogen and oxygen atoms in total. The van der Waals surface area contributed by atoms with Gasteiger partial charge in [0.15, 0.2) is 0 Å². The minimum Gasteiger partial charge on any atom is -0.489 e. The average Bonchev–Trinajstić information content (AvgIpc) is 3.04. The summed E-state index contributed by atoms with van der Waals surface area (Å²) in [5.41, 5.74) is 3.25. The van der Waals surface area contributed by atoms with Gasteiger partial charge in [-0.15, -0.1) is 5.10 Å². The SMILES string of the molecule is Cn1/c(=N/N=C/c2cccc(OCc3ccccc3)c2)sc2ccccc21. The monoisotopic (exact) mass is 373 g/mol. The Hall–Kier alpha value is -3.18. The smallest absolute Gasteiger partial charge is 0.211 e. The first-order valence-corrected chi connectivity index (χ1v) is 9.50. The van der Waals surface area contributed by atoms with Crippen molar-refractivity contribution in [2.75, 3.05) is 0 Å². The topological polar surface area (TPSA) is 38.9 Å². The van der Waals surface area contributed by atoms with E-state index in [1.165, 1.54) is 4.70 Å². The summed E-state index contributed by atoms with van der Waals surface area (Å²) in [4.78, 5) is 0.865. The number of hydrogen-bond acceptors (Lipinski definition) is 4. The van der Waals surface area contributed by atoms with Crippen LogP contribution in [0.4, 0.5) is 0 Å². The highest BCUT2D eigenvalue weighted by Crippen LogP contribution is 2.16. The summed E-state index contributed by atoms with van der Waals surface area (Å²) < 4.78 is 9.11. The van der Waals surface area contributed by atoms with Gasteiger partial charge in [0.1, 0.15) is 12.4 Å². The average molecular weight is 373 g/mol. The third-order valence-corrected chi connectivity index (χ3v) is 5.27. The van der Waals surface area contributed by atoms with Crippen LogP contribution < -0.4 is 9.54 Å². The molecular formula is C22H19N3OS. The Kier molecular flexibility index (Phi) is 5.12. The quantitative estimate of drug-likeness (QED) is 0.367. The molecule has 0 aliphatic heterocycles. The van der Waals surface area contributed by atoms with Crippen LogP contribution in [0.1, 0.15) is 11.1 Å². The van der Waals surface area contributed by atoms with Crippen molar-refractivity contribution in [2.24, 2.45) is 17.3 Å². The molecule has 4 rings (SSSR count). The molecule has 0 amide bonds. The predicted molar refractivity (Wildman–Crippen MR) is 111 cm³/mol. The Labute approximate surface area is 161 Å². The van der Waals surface area contributed by atoms with Gasteiger partial charge < -0.3 is 9.30 Å². The van der Waals surface area contributed by atoms with Gasteiger partial charge in [-0.2, -0.15) is 5.10 Å². The van der Waals surface area contributed by atoms with Gasteiger partial charge in [0, 0.05) is 7.05 Å². The van der Waals surface area contributed by atoms with E-state index in [1.54, 1.807) is 17.6 Å². The highest BCUT2D eigenvalue weighted by Gasteiger charge is 2.00. The molecule has 0 N–H and O–H groups in total. The fourth-order valence-electron chi connectivity index (χ4n) is 2.75. The fraction of sp³-hybridized carbons (Fsp3) is 0.0909. The number of fused-ring (bicyclic) bond motifs is 1. The minimum absolute atomic E-state index is 0.545. The number of aryl methyl sites for hydroxylation is 1. The van der Waals surface area contributed by atoms with Crippen molar-refractivity contribution in [1.82, 2.24) is 4.57 Å². The second-order valence-electron chi connectivity index (χ2n) is 6.10. The number of benzene rings is 3. The lowest BCUT2D eigenvalue weighted by Gasteiger charge is -2.06. The summed E-state index contributed by atoms with van der Waals surface area (Å²) in [5.74, 6) is 0.815. The van der Waals surface area contributed by atoms with Crippen LogP contribution in [0.15, 0.2) is 89.1 Å². The van der Waals surface area contributed by atoms with E-state index in [0.29, 0.717) is 6.61 Å². The summed E-state index contributed by atoms with van der Waals surface area (Å²) in [7, 11) is 2.01. The molecule has 0 saturated carbocycles. The van der Waals surface area contributed by atoms with Gasteiger partial charge in [0.05, 0.1) is 16.4 Å². The summed E-state index contributed by atoms with van der Waals surface area (Å²) in [6.45, 7) is 0.545. The first-order chi connectivity index (χ1) is 13.3. The van der Waals surface area contributed by atoms with Crippen LogP contribution >= 0.6 is 11.3 Å². The Balaban J connectivity index is 1.49. The van der Waals surface area contributed by atoms with E-state index in [-0.39, 0.29) is 0 Å². The van der Waals surface area contributed by atoms with Crippen molar-refractivity contribution in [3.63, 3.8) is 0 Å². The largest absolute Gasteiger partial charge is 0.489 e. The second-order valence-corrected chi connectivity index (χ2v) is 7.11. The van der Waals surface area contributed by atoms with Crippen LogP contribution in [0, 0.1) is 0 Å². The predicted octanol–water partition coefficient (Wildman–Crippen LogP) is 4.75. The molecule has 1 aromatic heterocycles. The van der Waals surface area contributed by atoms with E-state index in [4.69, 9.17) is 4.74 Å². The van der Waals surface area contributed by atoms with Crippen LogP contribution in [0.5, 0.6) is 5.75 Å². The van der Waals surface area contributed by atoms with Crippen LogP contribution in [0.25, 0.3) is 10.2 Å². The van der Waals surface area contributed by atoms with Gasteiger partial charge in [0.2, 0.25) is 4.80 Å². The van der Waals surface area contributed by atoms with Crippen molar-refractivity contribution >= 4 is 27.8 Å². The molecule has 3 aromatic carbocycles. The zero-order valence-corrected chi connectivity index (χ0v) is 15.8. The third-order valence-electron chi connectivity index (χ3n) is 4.17. The number of nitrogens with zero attached hydrogens (tertiary/aromatic N) is 3. The van der Waals surface area contributed by atoms with Gasteiger partial charge in [-0.1, -0.05) is 65.9 Å². The molecule has 0 bridgehead atoms. The lowest BCUT2D eigenvalue weighted by molar-refractivity contribution is 0.306. The minimum atomic E-state index is 0.545. The van der Waals surface area contributed by atoms with E-state index in [1.807, 2.05) is 61.6 Å². The van der Waals surface area contributed by atoms with Crippen molar-refractivity contribution in [3.8, 4) is 5.75 Å². The molecule has 0 radical (unpaired) electrons. The number of ether oxygens (including phenoxy) is 1. The summed E-state index contributed by atoms with van der Waals surface area (Å²) in [6, 6.07) is 26.2. The molecule has 0 aliphatic rings. The van der Waals surface area contributed by atoms with Crippen LogP contribution in [0.3, 0.4) is 0 Å². The van der Waals surface area contributed by atoms with Gasteiger partial charge in [-0.3, -0.25) is 0 Å². The van der Waals surface area contributed by atoms with Crippen LogP contribution in [-0.4, -0.2) is 10.8 Å². The number of thiazole rings is 1. The molecule has 27 heavy (non-hydrogen) atoms. The van der Waals surface area contributed by atoms with Gasteiger partial charge in [-0.25, -0.2) is 0 Å².